The highest BCUT2D eigenvalue weighted by Gasteiger charge is 2.12. The zero-order valence-corrected chi connectivity index (χ0v) is 6.10. The molecule has 0 amide bonds. The van der Waals surface area contributed by atoms with Crippen LogP contribution >= 0.6 is 0 Å². The quantitative estimate of drug-likeness (QED) is 0.635. The summed E-state index contributed by atoms with van der Waals surface area (Å²) >= 11 is 0. The SMILES string of the molecule is CCC(C)c1nocc1F. The Morgan fingerprint density at radius 2 is 2.50 bits per heavy atom. The van der Waals surface area contributed by atoms with Gasteiger partial charge in [-0.1, -0.05) is 19.0 Å². The van der Waals surface area contributed by atoms with E-state index in [9.17, 15) is 4.39 Å². The molecule has 0 aliphatic rings. The van der Waals surface area contributed by atoms with E-state index in [2.05, 4.69) is 9.68 Å². The van der Waals surface area contributed by atoms with Crippen LogP contribution in [-0.4, -0.2) is 5.16 Å². The first-order valence-corrected chi connectivity index (χ1v) is 3.35. The van der Waals surface area contributed by atoms with Crippen molar-refractivity contribution >= 4 is 0 Å². The first-order valence-electron chi connectivity index (χ1n) is 3.35. The highest BCUT2D eigenvalue weighted by molar-refractivity contribution is 5.04. The molecule has 2 nitrogen and oxygen atoms in total. The lowest BCUT2D eigenvalue weighted by Gasteiger charge is -2.00. The average molecular weight is 143 g/mol. The molecule has 56 valence electrons. The van der Waals surface area contributed by atoms with Crippen molar-refractivity contribution in [2.45, 2.75) is 26.2 Å². The molecule has 1 aromatic heterocycles. The second-order valence-corrected chi connectivity index (χ2v) is 2.36. The predicted molar refractivity (Wildman–Crippen MR) is 35.2 cm³/mol. The van der Waals surface area contributed by atoms with Crippen molar-refractivity contribution in [1.29, 1.82) is 0 Å². The molecular weight excluding hydrogens is 133 g/mol. The maximum Gasteiger partial charge on any atom is 0.186 e. The van der Waals surface area contributed by atoms with Crippen molar-refractivity contribution in [3.05, 3.63) is 17.8 Å². The number of rotatable bonds is 2. The van der Waals surface area contributed by atoms with Gasteiger partial charge in [-0.3, -0.25) is 0 Å². The molecule has 1 aromatic rings. The van der Waals surface area contributed by atoms with Crippen LogP contribution in [0.3, 0.4) is 0 Å². The standard InChI is InChI=1S/C7H10FNO/c1-3-5(2)7-6(8)4-10-9-7/h4-5H,3H2,1-2H3. The Labute approximate surface area is 59.0 Å². The van der Waals surface area contributed by atoms with Crippen LogP contribution in [0.25, 0.3) is 0 Å². The third-order valence-corrected chi connectivity index (χ3v) is 1.63. The molecule has 1 atom stereocenters. The zero-order valence-electron chi connectivity index (χ0n) is 6.10. The Bertz CT molecular complexity index is 209. The Morgan fingerprint density at radius 3 is 2.90 bits per heavy atom. The van der Waals surface area contributed by atoms with Crippen LogP contribution in [0.1, 0.15) is 31.9 Å². The fourth-order valence-corrected chi connectivity index (χ4v) is 0.752. The van der Waals surface area contributed by atoms with Crippen molar-refractivity contribution in [1.82, 2.24) is 5.16 Å². The van der Waals surface area contributed by atoms with Gasteiger partial charge in [0.2, 0.25) is 0 Å². The van der Waals surface area contributed by atoms with Crippen LogP contribution in [-0.2, 0) is 0 Å². The summed E-state index contributed by atoms with van der Waals surface area (Å²) in [6, 6.07) is 0. The summed E-state index contributed by atoms with van der Waals surface area (Å²) in [4.78, 5) is 0. The van der Waals surface area contributed by atoms with Gasteiger partial charge in [-0.25, -0.2) is 4.39 Å². The molecule has 0 aliphatic carbocycles. The lowest BCUT2D eigenvalue weighted by molar-refractivity contribution is 0.404. The molecule has 0 saturated carbocycles. The van der Waals surface area contributed by atoms with Crippen LogP contribution in [0.4, 0.5) is 4.39 Å². The van der Waals surface area contributed by atoms with Gasteiger partial charge in [0.1, 0.15) is 5.69 Å². The number of hydrogen-bond acceptors (Lipinski definition) is 2. The van der Waals surface area contributed by atoms with Crippen molar-refractivity contribution in [2.75, 3.05) is 0 Å². The van der Waals surface area contributed by atoms with Gasteiger partial charge in [-0.05, 0) is 6.42 Å². The number of hydrogen-bond donors (Lipinski definition) is 0. The number of nitrogens with zero attached hydrogens (tertiary/aromatic N) is 1. The summed E-state index contributed by atoms with van der Waals surface area (Å²) in [5, 5.41) is 3.54. The summed E-state index contributed by atoms with van der Waals surface area (Å²) < 4.78 is 17.1. The largest absolute Gasteiger partial charge is 0.361 e. The van der Waals surface area contributed by atoms with E-state index in [4.69, 9.17) is 0 Å². The minimum Gasteiger partial charge on any atom is -0.361 e. The monoisotopic (exact) mass is 143 g/mol. The van der Waals surface area contributed by atoms with E-state index in [1.54, 1.807) is 0 Å². The summed E-state index contributed by atoms with van der Waals surface area (Å²) in [5.74, 6) is -0.187. The maximum atomic E-state index is 12.6. The van der Waals surface area contributed by atoms with Crippen LogP contribution in [0, 0.1) is 5.82 Å². The Balaban J connectivity index is 2.82. The van der Waals surface area contributed by atoms with Crippen molar-refractivity contribution < 1.29 is 8.91 Å². The van der Waals surface area contributed by atoms with Crippen molar-refractivity contribution in [2.24, 2.45) is 0 Å². The topological polar surface area (TPSA) is 26.0 Å². The fraction of sp³-hybridized carbons (Fsp3) is 0.571. The average Bonchev–Trinajstić information content (AvgIpc) is 2.34. The van der Waals surface area contributed by atoms with Crippen LogP contribution in [0.2, 0.25) is 0 Å². The molecule has 0 bridgehead atoms. The molecule has 0 spiro atoms. The molecule has 1 rings (SSSR count). The predicted octanol–water partition coefficient (Wildman–Crippen LogP) is 2.33. The second-order valence-electron chi connectivity index (χ2n) is 2.36. The summed E-state index contributed by atoms with van der Waals surface area (Å²) in [5.41, 5.74) is 0.433. The van der Waals surface area contributed by atoms with E-state index in [0.29, 0.717) is 5.69 Å². The smallest absolute Gasteiger partial charge is 0.186 e. The Kier molecular flexibility index (Phi) is 2.04. The van der Waals surface area contributed by atoms with Crippen LogP contribution in [0.5, 0.6) is 0 Å². The molecule has 0 N–H and O–H groups in total. The van der Waals surface area contributed by atoms with E-state index in [0.717, 1.165) is 12.7 Å². The van der Waals surface area contributed by atoms with Gasteiger partial charge < -0.3 is 4.52 Å². The third kappa shape index (κ3) is 1.17. The molecular formula is C7H10FNO. The van der Waals surface area contributed by atoms with Crippen LogP contribution in [0.15, 0.2) is 10.8 Å². The molecule has 0 saturated heterocycles. The van der Waals surface area contributed by atoms with Crippen molar-refractivity contribution in [3.8, 4) is 0 Å². The second kappa shape index (κ2) is 2.82. The molecule has 1 heterocycles. The van der Waals surface area contributed by atoms with Crippen LogP contribution < -0.4 is 0 Å². The third-order valence-electron chi connectivity index (χ3n) is 1.63. The summed E-state index contributed by atoms with van der Waals surface area (Å²) in [6.45, 7) is 3.90. The van der Waals surface area contributed by atoms with Crippen molar-refractivity contribution in [3.63, 3.8) is 0 Å². The molecule has 0 fully saturated rings. The van der Waals surface area contributed by atoms with Gasteiger partial charge in [-0.2, -0.15) is 0 Å². The van der Waals surface area contributed by atoms with Gasteiger partial charge in [0.15, 0.2) is 12.1 Å². The van der Waals surface area contributed by atoms with Gasteiger partial charge in [-0.15, -0.1) is 0 Å². The molecule has 3 heteroatoms. The molecule has 0 aliphatic heterocycles. The van der Waals surface area contributed by atoms with E-state index in [1.807, 2.05) is 13.8 Å². The highest BCUT2D eigenvalue weighted by atomic mass is 19.1. The molecule has 0 radical (unpaired) electrons. The van der Waals surface area contributed by atoms with Gasteiger partial charge in [0.25, 0.3) is 0 Å². The first kappa shape index (κ1) is 7.25. The minimum atomic E-state index is -0.339. The molecule has 0 aromatic carbocycles. The highest BCUT2D eigenvalue weighted by Crippen LogP contribution is 2.18. The van der Waals surface area contributed by atoms with E-state index in [-0.39, 0.29) is 11.7 Å². The van der Waals surface area contributed by atoms with Gasteiger partial charge in [0.05, 0.1) is 0 Å². The summed E-state index contributed by atoms with van der Waals surface area (Å²) in [7, 11) is 0. The Hall–Kier alpha value is -0.860. The molecule has 1 unspecified atom stereocenters. The van der Waals surface area contributed by atoms with E-state index >= 15 is 0 Å². The van der Waals surface area contributed by atoms with E-state index < -0.39 is 0 Å². The lowest BCUT2D eigenvalue weighted by Crippen LogP contribution is -1.93. The number of aromatic nitrogens is 1. The first-order chi connectivity index (χ1) is 4.75. The lowest BCUT2D eigenvalue weighted by atomic mass is 10.1. The van der Waals surface area contributed by atoms with E-state index in [1.165, 1.54) is 0 Å². The molecule has 10 heavy (non-hydrogen) atoms. The number of halogens is 1. The zero-order chi connectivity index (χ0) is 7.56. The summed E-state index contributed by atoms with van der Waals surface area (Å²) in [6.07, 6.45) is 1.91. The normalized spacial score (nSPS) is 13.5. The van der Waals surface area contributed by atoms with Gasteiger partial charge >= 0.3 is 0 Å². The Morgan fingerprint density at radius 1 is 1.80 bits per heavy atom. The fourth-order valence-electron chi connectivity index (χ4n) is 0.752. The maximum absolute atomic E-state index is 12.6. The van der Waals surface area contributed by atoms with Gasteiger partial charge in [0, 0.05) is 5.92 Å². The minimum absolute atomic E-state index is 0.152.